The fraction of sp³-hybridized carbons (Fsp3) is 0.692. The van der Waals surface area contributed by atoms with Gasteiger partial charge in [-0.05, 0) is 27.7 Å². The van der Waals surface area contributed by atoms with Gasteiger partial charge in [0, 0.05) is 35.0 Å². The zero-order valence-electron chi connectivity index (χ0n) is 12.7. The molecule has 0 spiro atoms. The Balaban J connectivity index is 2.55. The van der Waals surface area contributed by atoms with E-state index in [0.717, 1.165) is 5.69 Å². The summed E-state index contributed by atoms with van der Waals surface area (Å²) in [6.07, 6.45) is 4.58. The van der Waals surface area contributed by atoms with Crippen LogP contribution in [-0.2, 0) is 28.6 Å². The lowest BCUT2D eigenvalue weighted by atomic mass is 10.2. The Labute approximate surface area is 122 Å². The maximum Gasteiger partial charge on any atom is 0.407 e. The third kappa shape index (κ3) is 5.73. The van der Waals surface area contributed by atoms with Crippen LogP contribution in [0, 0.1) is 0 Å². The Morgan fingerprint density at radius 1 is 1.55 bits per heavy atom. The lowest BCUT2D eigenvalue weighted by molar-refractivity contribution is 0.0522. The van der Waals surface area contributed by atoms with Gasteiger partial charge < -0.3 is 14.6 Å². The van der Waals surface area contributed by atoms with E-state index in [0.29, 0.717) is 13.1 Å². The van der Waals surface area contributed by atoms with Crippen LogP contribution in [0.4, 0.5) is 4.79 Å². The number of hydrogen-bond acceptors (Lipinski definition) is 4. The number of carbonyl (C=O) groups excluding carboxylic acids is 1. The average Bonchev–Trinajstić information content (AvgIpc) is 2.71. The Morgan fingerprint density at radius 3 is 2.75 bits per heavy atom. The van der Waals surface area contributed by atoms with Crippen molar-refractivity contribution in [2.75, 3.05) is 6.26 Å². The molecular formula is C13H23N3O3S. The largest absolute Gasteiger partial charge is 0.444 e. The van der Waals surface area contributed by atoms with E-state index in [1.54, 1.807) is 18.8 Å². The van der Waals surface area contributed by atoms with Gasteiger partial charge in [0.25, 0.3) is 0 Å². The third-order valence-electron chi connectivity index (χ3n) is 2.63. The van der Waals surface area contributed by atoms with Crippen molar-refractivity contribution in [1.82, 2.24) is 14.9 Å². The van der Waals surface area contributed by atoms with Gasteiger partial charge in [-0.15, -0.1) is 0 Å². The van der Waals surface area contributed by atoms with E-state index >= 15 is 0 Å². The minimum Gasteiger partial charge on any atom is -0.444 e. The second-order valence-electron chi connectivity index (χ2n) is 5.70. The Kier molecular flexibility index (Phi) is 5.74. The molecule has 0 fully saturated rings. The number of ether oxygens (including phenoxy) is 1. The lowest BCUT2D eigenvalue weighted by Gasteiger charge is -2.20. The first kappa shape index (κ1) is 16.7. The van der Waals surface area contributed by atoms with Crippen LogP contribution >= 0.6 is 0 Å². The summed E-state index contributed by atoms with van der Waals surface area (Å²) in [5.74, 6) is 0. The summed E-state index contributed by atoms with van der Waals surface area (Å²) in [6, 6.07) is 0. The highest BCUT2D eigenvalue weighted by Gasteiger charge is 2.16. The Morgan fingerprint density at radius 2 is 2.20 bits per heavy atom. The van der Waals surface area contributed by atoms with Gasteiger partial charge in [-0.2, -0.15) is 0 Å². The molecule has 20 heavy (non-hydrogen) atoms. The topological polar surface area (TPSA) is 73.2 Å². The van der Waals surface area contributed by atoms with E-state index in [2.05, 4.69) is 10.3 Å². The van der Waals surface area contributed by atoms with E-state index in [1.807, 2.05) is 32.3 Å². The van der Waals surface area contributed by atoms with Crippen LogP contribution in [0.3, 0.4) is 0 Å². The van der Waals surface area contributed by atoms with Crippen molar-refractivity contribution in [2.45, 2.75) is 51.6 Å². The summed E-state index contributed by atoms with van der Waals surface area (Å²) >= 11 is 0. The highest BCUT2D eigenvalue weighted by molar-refractivity contribution is 7.84. The number of alkyl carbamates (subject to hydrolysis) is 1. The third-order valence-corrected chi connectivity index (χ3v) is 3.91. The van der Waals surface area contributed by atoms with E-state index < -0.39 is 22.5 Å². The van der Waals surface area contributed by atoms with Crippen LogP contribution in [0.1, 0.15) is 33.4 Å². The molecular weight excluding hydrogens is 278 g/mol. The molecule has 0 saturated heterocycles. The second kappa shape index (κ2) is 6.88. The molecule has 7 heteroatoms. The predicted octanol–water partition coefficient (Wildman–Crippen LogP) is 1.67. The molecule has 0 radical (unpaired) electrons. The van der Waals surface area contributed by atoms with Crippen LogP contribution in [-0.4, -0.2) is 37.0 Å². The first-order valence-electron chi connectivity index (χ1n) is 6.47. The van der Waals surface area contributed by atoms with Crippen LogP contribution in [0.15, 0.2) is 12.5 Å². The zero-order valence-corrected chi connectivity index (χ0v) is 13.5. The molecule has 114 valence electrons. The maximum absolute atomic E-state index is 11.6. The summed E-state index contributed by atoms with van der Waals surface area (Å²) in [5, 5.41) is 2.72. The summed E-state index contributed by atoms with van der Waals surface area (Å²) in [6.45, 7) is 8.30. The minimum absolute atomic E-state index is 0.0319. The average molecular weight is 301 g/mol. The molecule has 0 saturated carbocycles. The fourth-order valence-corrected chi connectivity index (χ4v) is 1.89. The van der Waals surface area contributed by atoms with Gasteiger partial charge in [-0.3, -0.25) is 4.21 Å². The van der Waals surface area contributed by atoms with Crippen LogP contribution in [0.5, 0.6) is 0 Å². The van der Waals surface area contributed by atoms with Gasteiger partial charge in [0.2, 0.25) is 0 Å². The van der Waals surface area contributed by atoms with Crippen molar-refractivity contribution in [3.63, 3.8) is 0 Å². The van der Waals surface area contributed by atoms with Gasteiger partial charge in [0.15, 0.2) is 0 Å². The van der Waals surface area contributed by atoms with E-state index in [-0.39, 0.29) is 5.25 Å². The molecule has 1 amide bonds. The summed E-state index contributed by atoms with van der Waals surface area (Å²) in [7, 11) is -0.890. The van der Waals surface area contributed by atoms with Crippen molar-refractivity contribution in [2.24, 2.45) is 0 Å². The number of amides is 1. The Bertz CT molecular complexity index is 479. The second-order valence-corrected chi connectivity index (χ2v) is 7.50. The molecule has 2 unspecified atom stereocenters. The molecule has 2 atom stereocenters. The smallest absolute Gasteiger partial charge is 0.407 e. The van der Waals surface area contributed by atoms with Crippen molar-refractivity contribution in [1.29, 1.82) is 0 Å². The quantitative estimate of drug-likeness (QED) is 0.898. The number of nitrogens with one attached hydrogen (secondary N) is 1. The molecule has 1 aromatic heterocycles. The number of imidazole rings is 1. The number of hydrogen-bond donors (Lipinski definition) is 1. The molecule has 1 N–H and O–H groups in total. The number of rotatable bonds is 5. The zero-order chi connectivity index (χ0) is 15.3. The molecule has 6 nitrogen and oxygen atoms in total. The van der Waals surface area contributed by atoms with Gasteiger partial charge in [-0.1, -0.05) is 0 Å². The SMILES string of the molecule is CC(Cn1cncc1CNC(=O)OC(C)(C)C)S(C)=O. The predicted molar refractivity (Wildman–Crippen MR) is 78.8 cm³/mol. The van der Waals surface area contributed by atoms with Crippen LogP contribution < -0.4 is 5.32 Å². The molecule has 1 rings (SSSR count). The lowest BCUT2D eigenvalue weighted by Crippen LogP contribution is -2.32. The molecule has 0 aliphatic rings. The van der Waals surface area contributed by atoms with E-state index in [4.69, 9.17) is 4.74 Å². The molecule has 1 aromatic rings. The fourth-order valence-electron chi connectivity index (χ4n) is 1.52. The highest BCUT2D eigenvalue weighted by Crippen LogP contribution is 2.08. The molecule has 0 aliphatic heterocycles. The minimum atomic E-state index is -0.890. The number of carbonyl (C=O) groups is 1. The van der Waals surface area contributed by atoms with Gasteiger partial charge in [-0.25, -0.2) is 9.78 Å². The van der Waals surface area contributed by atoms with Crippen molar-refractivity contribution >= 4 is 16.9 Å². The number of nitrogens with zero attached hydrogens (tertiary/aromatic N) is 2. The maximum atomic E-state index is 11.6. The molecule has 0 bridgehead atoms. The normalized spacial score (nSPS) is 14.7. The van der Waals surface area contributed by atoms with Crippen LogP contribution in [0.2, 0.25) is 0 Å². The number of aromatic nitrogens is 2. The standard InChI is InChI=1S/C13H23N3O3S/c1-10(20(5)18)8-16-9-14-6-11(16)7-15-12(17)19-13(2,3)4/h6,9-10H,7-8H2,1-5H3,(H,15,17). The Hall–Kier alpha value is -1.37. The van der Waals surface area contributed by atoms with Gasteiger partial charge in [0.1, 0.15) is 5.60 Å². The summed E-state index contributed by atoms with van der Waals surface area (Å²) < 4.78 is 18.5. The van der Waals surface area contributed by atoms with Crippen LogP contribution in [0.25, 0.3) is 0 Å². The first-order chi connectivity index (χ1) is 9.19. The van der Waals surface area contributed by atoms with Crippen molar-refractivity contribution in [3.05, 3.63) is 18.2 Å². The van der Waals surface area contributed by atoms with E-state index in [1.165, 1.54) is 0 Å². The highest BCUT2D eigenvalue weighted by atomic mass is 32.2. The summed E-state index contributed by atoms with van der Waals surface area (Å²) in [5.41, 5.74) is 0.339. The molecule has 0 aliphatic carbocycles. The first-order valence-corrected chi connectivity index (χ1v) is 8.09. The monoisotopic (exact) mass is 301 g/mol. The van der Waals surface area contributed by atoms with Gasteiger partial charge in [0.05, 0.1) is 18.6 Å². The molecule has 1 heterocycles. The molecule has 0 aromatic carbocycles. The van der Waals surface area contributed by atoms with Gasteiger partial charge >= 0.3 is 6.09 Å². The van der Waals surface area contributed by atoms with E-state index in [9.17, 15) is 9.00 Å². The van der Waals surface area contributed by atoms with Crippen molar-refractivity contribution in [3.8, 4) is 0 Å². The summed E-state index contributed by atoms with van der Waals surface area (Å²) in [4.78, 5) is 15.6. The van der Waals surface area contributed by atoms with Crippen molar-refractivity contribution < 1.29 is 13.7 Å².